The molecule has 1 aromatic rings. The topological polar surface area (TPSA) is 67.9 Å². The van der Waals surface area contributed by atoms with Crippen molar-refractivity contribution in [1.82, 2.24) is 4.90 Å². The van der Waals surface area contributed by atoms with Crippen molar-refractivity contribution in [1.29, 1.82) is 0 Å². The molecular weight excluding hydrogens is 308 g/mol. The van der Waals surface area contributed by atoms with Crippen molar-refractivity contribution in [2.24, 2.45) is 11.8 Å². The maximum Gasteiger partial charge on any atom is 0.227 e. The van der Waals surface area contributed by atoms with Crippen LogP contribution in [0.3, 0.4) is 0 Å². The lowest BCUT2D eigenvalue weighted by Crippen LogP contribution is -2.43. The number of hydrogen-bond acceptors (Lipinski definition) is 4. The molecule has 2 amide bonds. The fourth-order valence-electron chi connectivity index (χ4n) is 2.85. The van der Waals surface area contributed by atoms with Gasteiger partial charge in [-0.2, -0.15) is 0 Å². The van der Waals surface area contributed by atoms with Gasteiger partial charge in [-0.05, 0) is 12.8 Å². The molecule has 6 nitrogen and oxygen atoms in total. The number of benzene rings is 1. The number of nitrogens with one attached hydrogen (secondary N) is 1. The van der Waals surface area contributed by atoms with Gasteiger partial charge < -0.3 is 19.7 Å². The summed E-state index contributed by atoms with van der Waals surface area (Å²) in [6.07, 6.45) is 1.37. The average molecular weight is 334 g/mol. The molecule has 1 aliphatic rings. The summed E-state index contributed by atoms with van der Waals surface area (Å²) in [7, 11) is 3.14. The van der Waals surface area contributed by atoms with E-state index in [1.165, 1.54) is 0 Å². The van der Waals surface area contributed by atoms with Crippen LogP contribution < -0.4 is 14.8 Å². The Morgan fingerprint density at radius 3 is 2.08 bits per heavy atom. The van der Waals surface area contributed by atoms with E-state index < -0.39 is 0 Å². The molecule has 0 aromatic heterocycles. The summed E-state index contributed by atoms with van der Waals surface area (Å²) in [4.78, 5) is 26.3. The van der Waals surface area contributed by atoms with Crippen molar-refractivity contribution in [3.05, 3.63) is 18.2 Å². The first-order valence-electron chi connectivity index (χ1n) is 8.27. The van der Waals surface area contributed by atoms with Crippen LogP contribution >= 0.6 is 0 Å². The van der Waals surface area contributed by atoms with Gasteiger partial charge in [0.1, 0.15) is 11.5 Å². The molecule has 0 atom stereocenters. The van der Waals surface area contributed by atoms with E-state index in [1.54, 1.807) is 32.4 Å². The predicted molar refractivity (Wildman–Crippen MR) is 92.3 cm³/mol. The molecule has 0 saturated carbocycles. The third kappa shape index (κ3) is 4.40. The molecule has 0 bridgehead atoms. The zero-order valence-corrected chi connectivity index (χ0v) is 14.8. The van der Waals surface area contributed by atoms with E-state index >= 15 is 0 Å². The summed E-state index contributed by atoms with van der Waals surface area (Å²) in [6, 6.07) is 5.28. The van der Waals surface area contributed by atoms with E-state index in [0.717, 1.165) is 0 Å². The number of ether oxygens (including phenoxy) is 2. The minimum absolute atomic E-state index is 0.000347. The number of methoxy groups -OCH3 is 2. The molecule has 0 aliphatic carbocycles. The quantitative estimate of drug-likeness (QED) is 0.898. The Kier molecular flexibility index (Phi) is 6.06. The maximum absolute atomic E-state index is 12.5. The van der Waals surface area contributed by atoms with E-state index in [0.29, 0.717) is 43.1 Å². The van der Waals surface area contributed by atoms with Gasteiger partial charge in [0.15, 0.2) is 0 Å². The van der Waals surface area contributed by atoms with Gasteiger partial charge >= 0.3 is 0 Å². The Balaban J connectivity index is 1.95. The number of hydrogen-bond donors (Lipinski definition) is 1. The van der Waals surface area contributed by atoms with Crippen LogP contribution in [0, 0.1) is 11.8 Å². The van der Waals surface area contributed by atoms with E-state index in [2.05, 4.69) is 5.32 Å². The summed E-state index contributed by atoms with van der Waals surface area (Å²) < 4.78 is 10.4. The van der Waals surface area contributed by atoms with Crippen LogP contribution in [0.2, 0.25) is 0 Å². The van der Waals surface area contributed by atoms with Crippen molar-refractivity contribution in [2.75, 3.05) is 32.6 Å². The first kappa shape index (κ1) is 18.1. The summed E-state index contributed by atoms with van der Waals surface area (Å²) in [5.74, 6) is 1.30. The number of rotatable bonds is 5. The zero-order valence-electron chi connectivity index (χ0n) is 14.8. The molecule has 132 valence electrons. The van der Waals surface area contributed by atoms with Crippen molar-refractivity contribution in [3.8, 4) is 11.5 Å². The highest BCUT2D eigenvalue weighted by Gasteiger charge is 2.28. The SMILES string of the molecule is COc1cc(NC(=O)C2CCN(C(=O)C(C)C)CC2)cc(OC)c1. The maximum atomic E-state index is 12.5. The lowest BCUT2D eigenvalue weighted by Gasteiger charge is -2.32. The van der Waals surface area contributed by atoms with Gasteiger partial charge in [0.25, 0.3) is 0 Å². The van der Waals surface area contributed by atoms with Gasteiger partial charge in [-0.15, -0.1) is 0 Å². The van der Waals surface area contributed by atoms with Gasteiger partial charge in [-0.1, -0.05) is 13.8 Å². The second-order valence-corrected chi connectivity index (χ2v) is 6.34. The molecule has 6 heteroatoms. The summed E-state index contributed by atoms with van der Waals surface area (Å²) in [5, 5.41) is 2.93. The molecule has 1 N–H and O–H groups in total. The second-order valence-electron chi connectivity index (χ2n) is 6.34. The Hall–Kier alpha value is -2.24. The largest absolute Gasteiger partial charge is 0.497 e. The Bertz CT molecular complexity index is 570. The van der Waals surface area contributed by atoms with Crippen LogP contribution in [0.4, 0.5) is 5.69 Å². The number of nitrogens with zero attached hydrogens (tertiary/aromatic N) is 1. The Morgan fingerprint density at radius 1 is 1.08 bits per heavy atom. The Morgan fingerprint density at radius 2 is 1.62 bits per heavy atom. The fraction of sp³-hybridized carbons (Fsp3) is 0.556. The monoisotopic (exact) mass is 334 g/mol. The van der Waals surface area contributed by atoms with Crippen molar-refractivity contribution in [3.63, 3.8) is 0 Å². The van der Waals surface area contributed by atoms with Crippen LogP contribution in [-0.4, -0.2) is 44.0 Å². The number of anilines is 1. The third-order valence-electron chi connectivity index (χ3n) is 4.29. The number of likely N-dealkylation sites (tertiary alicyclic amines) is 1. The van der Waals surface area contributed by atoms with Crippen LogP contribution in [0.1, 0.15) is 26.7 Å². The third-order valence-corrected chi connectivity index (χ3v) is 4.29. The van der Waals surface area contributed by atoms with Gasteiger partial charge in [0.2, 0.25) is 11.8 Å². The standard InChI is InChI=1S/C18H26N2O4/c1-12(2)18(22)20-7-5-13(6-8-20)17(21)19-14-9-15(23-3)11-16(10-14)24-4/h9-13H,5-8H2,1-4H3,(H,19,21). The lowest BCUT2D eigenvalue weighted by molar-refractivity contribution is -0.137. The normalized spacial score (nSPS) is 15.3. The van der Waals surface area contributed by atoms with E-state index in [4.69, 9.17) is 9.47 Å². The molecule has 0 spiro atoms. The number of piperidine rings is 1. The van der Waals surface area contributed by atoms with E-state index in [1.807, 2.05) is 18.7 Å². The van der Waals surface area contributed by atoms with Crippen molar-refractivity contribution >= 4 is 17.5 Å². The summed E-state index contributed by atoms with van der Waals surface area (Å²) in [6.45, 7) is 5.07. The number of amides is 2. The highest BCUT2D eigenvalue weighted by Crippen LogP contribution is 2.27. The minimum atomic E-state index is -0.0848. The van der Waals surface area contributed by atoms with Crippen LogP contribution in [0.25, 0.3) is 0 Å². The van der Waals surface area contributed by atoms with Gasteiger partial charge in [0, 0.05) is 48.8 Å². The summed E-state index contributed by atoms with van der Waals surface area (Å²) in [5.41, 5.74) is 0.650. The van der Waals surface area contributed by atoms with Crippen LogP contribution in [-0.2, 0) is 9.59 Å². The molecule has 24 heavy (non-hydrogen) atoms. The number of carbonyl (C=O) groups is 2. The highest BCUT2D eigenvalue weighted by molar-refractivity contribution is 5.93. The molecule has 0 unspecified atom stereocenters. The highest BCUT2D eigenvalue weighted by atomic mass is 16.5. The lowest BCUT2D eigenvalue weighted by atomic mass is 9.95. The van der Waals surface area contributed by atoms with E-state index in [-0.39, 0.29) is 23.7 Å². The zero-order chi connectivity index (χ0) is 17.7. The fourth-order valence-corrected chi connectivity index (χ4v) is 2.85. The number of carbonyl (C=O) groups excluding carboxylic acids is 2. The molecule has 1 aromatic carbocycles. The first-order chi connectivity index (χ1) is 11.4. The molecule has 1 aliphatic heterocycles. The van der Waals surface area contributed by atoms with Crippen molar-refractivity contribution < 1.29 is 19.1 Å². The minimum Gasteiger partial charge on any atom is -0.497 e. The van der Waals surface area contributed by atoms with Gasteiger partial charge in [-0.25, -0.2) is 0 Å². The van der Waals surface area contributed by atoms with Gasteiger partial charge in [-0.3, -0.25) is 9.59 Å². The Labute approximate surface area is 143 Å². The van der Waals surface area contributed by atoms with Gasteiger partial charge in [0.05, 0.1) is 14.2 Å². The second kappa shape index (κ2) is 8.04. The smallest absolute Gasteiger partial charge is 0.227 e. The van der Waals surface area contributed by atoms with Crippen LogP contribution in [0.5, 0.6) is 11.5 Å². The molecule has 1 saturated heterocycles. The molecule has 2 rings (SSSR count). The van der Waals surface area contributed by atoms with Crippen molar-refractivity contribution in [2.45, 2.75) is 26.7 Å². The molecule has 1 heterocycles. The predicted octanol–water partition coefficient (Wildman–Crippen LogP) is 2.54. The first-order valence-corrected chi connectivity index (χ1v) is 8.27. The molecule has 0 radical (unpaired) electrons. The molecule has 1 fully saturated rings. The van der Waals surface area contributed by atoms with Crippen LogP contribution in [0.15, 0.2) is 18.2 Å². The molecular formula is C18H26N2O4. The summed E-state index contributed by atoms with van der Waals surface area (Å²) >= 11 is 0. The van der Waals surface area contributed by atoms with E-state index in [9.17, 15) is 9.59 Å². The average Bonchev–Trinajstić information content (AvgIpc) is 2.60.